The lowest BCUT2D eigenvalue weighted by Crippen LogP contribution is -2.17. The zero-order valence-corrected chi connectivity index (χ0v) is 12.1. The van der Waals surface area contributed by atoms with Crippen LogP contribution < -0.4 is 9.47 Å². The molecule has 0 saturated carbocycles. The molecule has 1 aromatic carbocycles. The highest BCUT2D eigenvalue weighted by atomic mass is 35.5. The Labute approximate surface area is 117 Å². The lowest BCUT2D eigenvalue weighted by Gasteiger charge is -2.19. The largest absolute Gasteiger partial charge is 0.486 e. The standard InChI is InChI=1S/C12H15ClO5S/c1-2-16-5-6-19(14,15)12-8-11-10(7-9(12)13)17-3-4-18-11/h7-8H,2-6H2,1H3. The summed E-state index contributed by atoms with van der Waals surface area (Å²) in [7, 11) is -3.49. The molecule has 106 valence electrons. The minimum atomic E-state index is -3.49. The molecule has 1 heterocycles. The van der Waals surface area contributed by atoms with Crippen molar-refractivity contribution < 1.29 is 22.6 Å². The zero-order valence-electron chi connectivity index (χ0n) is 10.5. The van der Waals surface area contributed by atoms with Crippen molar-refractivity contribution in [2.24, 2.45) is 0 Å². The third kappa shape index (κ3) is 3.32. The van der Waals surface area contributed by atoms with E-state index in [9.17, 15) is 8.42 Å². The van der Waals surface area contributed by atoms with Crippen LogP contribution in [0.3, 0.4) is 0 Å². The number of benzene rings is 1. The van der Waals surface area contributed by atoms with Gasteiger partial charge in [-0.2, -0.15) is 0 Å². The van der Waals surface area contributed by atoms with Crippen LogP contribution in [0.15, 0.2) is 17.0 Å². The Morgan fingerprint density at radius 3 is 2.53 bits per heavy atom. The van der Waals surface area contributed by atoms with E-state index < -0.39 is 9.84 Å². The van der Waals surface area contributed by atoms with Gasteiger partial charge in [0.05, 0.1) is 22.3 Å². The number of rotatable bonds is 5. The molecule has 0 atom stereocenters. The highest BCUT2D eigenvalue weighted by Gasteiger charge is 2.23. The van der Waals surface area contributed by atoms with E-state index in [1.165, 1.54) is 12.1 Å². The Balaban J connectivity index is 2.28. The van der Waals surface area contributed by atoms with E-state index in [2.05, 4.69) is 0 Å². The molecule has 0 aromatic heterocycles. The van der Waals surface area contributed by atoms with Crippen LogP contribution in [0.1, 0.15) is 6.92 Å². The van der Waals surface area contributed by atoms with Crippen LogP contribution in [-0.4, -0.2) is 40.6 Å². The van der Waals surface area contributed by atoms with Gasteiger partial charge >= 0.3 is 0 Å². The molecule has 0 bridgehead atoms. The van der Waals surface area contributed by atoms with Gasteiger partial charge < -0.3 is 14.2 Å². The Hall–Kier alpha value is -0.980. The fraction of sp³-hybridized carbons (Fsp3) is 0.500. The van der Waals surface area contributed by atoms with E-state index in [-0.39, 0.29) is 22.3 Å². The van der Waals surface area contributed by atoms with E-state index in [4.69, 9.17) is 25.8 Å². The molecule has 1 aromatic rings. The minimum absolute atomic E-state index is 0.0538. The van der Waals surface area contributed by atoms with E-state index in [1.54, 1.807) is 0 Å². The molecule has 19 heavy (non-hydrogen) atoms. The average molecular weight is 307 g/mol. The summed E-state index contributed by atoms with van der Waals surface area (Å²) in [5.74, 6) is 0.769. The fourth-order valence-electron chi connectivity index (χ4n) is 1.71. The lowest BCUT2D eigenvalue weighted by atomic mass is 10.3. The summed E-state index contributed by atoms with van der Waals surface area (Å²) in [6, 6.07) is 2.89. The molecule has 0 amide bonds. The van der Waals surface area contributed by atoms with Crippen molar-refractivity contribution in [3.63, 3.8) is 0 Å². The van der Waals surface area contributed by atoms with Gasteiger partial charge in [0, 0.05) is 18.7 Å². The second kappa shape index (κ2) is 5.98. The normalized spacial score (nSPS) is 14.4. The number of fused-ring (bicyclic) bond motifs is 1. The molecule has 2 rings (SSSR count). The van der Waals surface area contributed by atoms with Gasteiger partial charge in [-0.1, -0.05) is 11.6 Å². The van der Waals surface area contributed by atoms with Gasteiger partial charge in [-0.05, 0) is 6.92 Å². The van der Waals surface area contributed by atoms with Crippen molar-refractivity contribution in [1.82, 2.24) is 0 Å². The van der Waals surface area contributed by atoms with Gasteiger partial charge in [0.25, 0.3) is 0 Å². The van der Waals surface area contributed by atoms with Crippen molar-refractivity contribution in [3.8, 4) is 11.5 Å². The molecule has 7 heteroatoms. The highest BCUT2D eigenvalue weighted by Crippen LogP contribution is 2.37. The molecule has 0 unspecified atom stereocenters. The summed E-state index contributed by atoms with van der Waals surface area (Å²) < 4.78 is 40.1. The molecule has 0 saturated heterocycles. The van der Waals surface area contributed by atoms with Crippen molar-refractivity contribution >= 4 is 21.4 Å². The van der Waals surface area contributed by atoms with Crippen LogP contribution in [0.5, 0.6) is 11.5 Å². The summed E-state index contributed by atoms with van der Waals surface area (Å²) in [6.07, 6.45) is 0. The third-order valence-corrected chi connectivity index (χ3v) is 4.77. The monoisotopic (exact) mass is 306 g/mol. The van der Waals surface area contributed by atoms with E-state index in [1.807, 2.05) is 6.92 Å². The zero-order chi connectivity index (χ0) is 13.9. The second-order valence-electron chi connectivity index (χ2n) is 3.94. The molecule has 1 aliphatic heterocycles. The van der Waals surface area contributed by atoms with Gasteiger partial charge in [0.15, 0.2) is 21.3 Å². The molecule has 0 fully saturated rings. The van der Waals surface area contributed by atoms with Crippen LogP contribution in [0.25, 0.3) is 0 Å². The van der Waals surface area contributed by atoms with Gasteiger partial charge in [-0.15, -0.1) is 0 Å². The van der Waals surface area contributed by atoms with Crippen molar-refractivity contribution in [1.29, 1.82) is 0 Å². The first-order valence-corrected chi connectivity index (χ1v) is 7.97. The summed E-state index contributed by atoms with van der Waals surface area (Å²) in [6.45, 7) is 3.25. The van der Waals surface area contributed by atoms with E-state index in [0.717, 1.165) is 0 Å². The smallest absolute Gasteiger partial charge is 0.182 e. The summed E-state index contributed by atoms with van der Waals surface area (Å²) in [5, 5.41) is 0.140. The predicted octanol–water partition coefficient (Wildman–Crippen LogP) is 1.92. The number of hydrogen-bond acceptors (Lipinski definition) is 5. The van der Waals surface area contributed by atoms with Crippen LogP contribution in [0.4, 0.5) is 0 Å². The number of hydrogen-bond donors (Lipinski definition) is 0. The first-order valence-electron chi connectivity index (χ1n) is 5.94. The predicted molar refractivity (Wildman–Crippen MR) is 71.0 cm³/mol. The fourth-order valence-corrected chi connectivity index (χ4v) is 3.41. The lowest BCUT2D eigenvalue weighted by molar-refractivity contribution is 0.163. The number of ether oxygens (including phenoxy) is 3. The SMILES string of the molecule is CCOCCS(=O)(=O)c1cc2c(cc1Cl)OCCO2. The Morgan fingerprint density at radius 2 is 1.89 bits per heavy atom. The third-order valence-electron chi connectivity index (χ3n) is 2.63. The maximum Gasteiger partial charge on any atom is 0.182 e. The van der Waals surface area contributed by atoms with Gasteiger partial charge in [0.2, 0.25) is 0 Å². The molecule has 0 radical (unpaired) electrons. The molecular formula is C12H15ClO5S. The van der Waals surface area contributed by atoms with E-state index in [0.29, 0.717) is 31.3 Å². The van der Waals surface area contributed by atoms with Crippen molar-refractivity contribution in [2.45, 2.75) is 11.8 Å². The molecular weight excluding hydrogens is 292 g/mol. The maximum atomic E-state index is 12.2. The summed E-state index contributed by atoms with van der Waals surface area (Å²) >= 11 is 6.00. The quantitative estimate of drug-likeness (QED) is 0.778. The summed E-state index contributed by atoms with van der Waals surface area (Å²) in [4.78, 5) is 0.0538. The van der Waals surface area contributed by atoms with Crippen LogP contribution >= 0.6 is 11.6 Å². The van der Waals surface area contributed by atoms with Crippen molar-refractivity contribution in [3.05, 3.63) is 17.2 Å². The van der Waals surface area contributed by atoms with Crippen LogP contribution in [0, 0.1) is 0 Å². The Morgan fingerprint density at radius 1 is 1.26 bits per heavy atom. The number of sulfone groups is 1. The molecule has 1 aliphatic rings. The van der Waals surface area contributed by atoms with Crippen molar-refractivity contribution in [2.75, 3.05) is 32.2 Å². The first kappa shape index (κ1) is 14.4. The second-order valence-corrected chi connectivity index (χ2v) is 6.43. The summed E-state index contributed by atoms with van der Waals surface area (Å²) in [5.41, 5.74) is 0. The Bertz CT molecular complexity index is 555. The molecule has 0 spiro atoms. The molecule has 0 aliphatic carbocycles. The highest BCUT2D eigenvalue weighted by molar-refractivity contribution is 7.91. The minimum Gasteiger partial charge on any atom is -0.486 e. The maximum absolute atomic E-state index is 12.2. The van der Waals surface area contributed by atoms with E-state index >= 15 is 0 Å². The Kier molecular flexibility index (Phi) is 4.54. The molecule has 0 N–H and O–H groups in total. The topological polar surface area (TPSA) is 61.8 Å². The molecule has 5 nitrogen and oxygen atoms in total. The van der Waals surface area contributed by atoms with Crippen LogP contribution in [-0.2, 0) is 14.6 Å². The van der Waals surface area contributed by atoms with Gasteiger partial charge in [0.1, 0.15) is 13.2 Å². The van der Waals surface area contributed by atoms with Gasteiger partial charge in [-0.3, -0.25) is 0 Å². The first-order chi connectivity index (χ1) is 9.04. The van der Waals surface area contributed by atoms with Gasteiger partial charge in [-0.25, -0.2) is 8.42 Å². The number of halogens is 1. The van der Waals surface area contributed by atoms with Crippen LogP contribution in [0.2, 0.25) is 5.02 Å². The average Bonchev–Trinajstić information content (AvgIpc) is 2.38.